The fraction of sp³-hybridized carbons (Fsp3) is 0.308. The summed E-state index contributed by atoms with van der Waals surface area (Å²) >= 11 is 0. The molecule has 0 unspecified atom stereocenters. The zero-order chi connectivity index (χ0) is 25.7. The quantitative estimate of drug-likeness (QED) is 0.308. The third-order valence-corrected chi connectivity index (χ3v) is 8.23. The number of nitro benzene ring substituents is 1. The van der Waals surface area contributed by atoms with Crippen molar-refractivity contribution in [3.8, 4) is 11.5 Å². The van der Waals surface area contributed by atoms with Gasteiger partial charge < -0.3 is 9.47 Å². The zero-order valence-corrected chi connectivity index (χ0v) is 21.1. The molecule has 1 aliphatic heterocycles. The molecule has 0 N–H and O–H groups in total. The summed E-state index contributed by atoms with van der Waals surface area (Å²) in [5.41, 5.74) is 1.43. The standard InChI is InChI=1S/C26H29N3O6S/c1-34-25-12-11-22(18-26(25)35-2)28(36(32,33)24-9-4-3-5-10-24)21-13-15-27(16-14-21)19-20-7-6-8-23(17-20)29(30)31/h3-12,17-18,21H,13-16,19H2,1-2H3. The molecule has 0 spiro atoms. The van der Waals surface area contributed by atoms with Crippen molar-refractivity contribution in [1.29, 1.82) is 0 Å². The molecular formula is C26H29N3O6S. The van der Waals surface area contributed by atoms with Gasteiger partial charge in [0.25, 0.3) is 15.7 Å². The molecule has 1 fully saturated rings. The van der Waals surface area contributed by atoms with Crippen LogP contribution in [0.2, 0.25) is 0 Å². The summed E-state index contributed by atoms with van der Waals surface area (Å²) in [6.45, 7) is 1.87. The van der Waals surface area contributed by atoms with Crippen LogP contribution in [0.3, 0.4) is 0 Å². The normalized spacial score (nSPS) is 14.8. The van der Waals surface area contributed by atoms with E-state index in [1.165, 1.54) is 24.6 Å². The first-order valence-corrected chi connectivity index (χ1v) is 13.0. The fourth-order valence-corrected chi connectivity index (χ4v) is 6.28. The molecule has 0 aliphatic carbocycles. The van der Waals surface area contributed by atoms with Crippen molar-refractivity contribution in [1.82, 2.24) is 4.90 Å². The highest BCUT2D eigenvalue weighted by molar-refractivity contribution is 7.92. The van der Waals surface area contributed by atoms with Crippen LogP contribution >= 0.6 is 0 Å². The Labute approximate surface area is 211 Å². The number of hydrogen-bond acceptors (Lipinski definition) is 7. The van der Waals surface area contributed by atoms with E-state index in [9.17, 15) is 18.5 Å². The molecule has 1 aliphatic rings. The van der Waals surface area contributed by atoms with E-state index in [2.05, 4.69) is 4.90 Å². The first kappa shape index (κ1) is 25.5. The van der Waals surface area contributed by atoms with Crippen LogP contribution in [0.5, 0.6) is 11.5 Å². The molecule has 1 heterocycles. The van der Waals surface area contributed by atoms with Gasteiger partial charge in [0.05, 0.1) is 29.7 Å². The minimum atomic E-state index is -3.85. The number of nitrogens with zero attached hydrogens (tertiary/aromatic N) is 3. The van der Waals surface area contributed by atoms with Crippen molar-refractivity contribution in [2.75, 3.05) is 31.6 Å². The summed E-state index contributed by atoms with van der Waals surface area (Å²) in [5.74, 6) is 0.969. The largest absolute Gasteiger partial charge is 0.493 e. The lowest BCUT2D eigenvalue weighted by Gasteiger charge is -2.39. The molecule has 9 nitrogen and oxygen atoms in total. The Kier molecular flexibility index (Phi) is 7.76. The lowest BCUT2D eigenvalue weighted by Crippen LogP contribution is -2.47. The minimum absolute atomic E-state index is 0.0657. The van der Waals surface area contributed by atoms with Gasteiger partial charge in [0.2, 0.25) is 0 Å². The monoisotopic (exact) mass is 511 g/mol. The number of methoxy groups -OCH3 is 2. The van der Waals surface area contributed by atoms with Crippen molar-refractivity contribution < 1.29 is 22.8 Å². The van der Waals surface area contributed by atoms with E-state index in [1.807, 2.05) is 6.07 Å². The van der Waals surface area contributed by atoms with Crippen LogP contribution in [-0.2, 0) is 16.6 Å². The number of anilines is 1. The van der Waals surface area contributed by atoms with Crippen LogP contribution in [0.4, 0.5) is 11.4 Å². The van der Waals surface area contributed by atoms with Gasteiger partial charge in [-0.25, -0.2) is 8.42 Å². The molecule has 3 aromatic rings. The van der Waals surface area contributed by atoms with Gasteiger partial charge in [-0.05, 0) is 42.7 Å². The maximum absolute atomic E-state index is 13.8. The van der Waals surface area contributed by atoms with Gasteiger partial charge in [-0.1, -0.05) is 30.3 Å². The van der Waals surface area contributed by atoms with E-state index in [-0.39, 0.29) is 16.6 Å². The maximum atomic E-state index is 13.8. The summed E-state index contributed by atoms with van der Waals surface area (Å²) in [6, 6.07) is 19.9. The number of non-ortho nitro benzene ring substituents is 1. The number of hydrogen-bond donors (Lipinski definition) is 0. The fourth-order valence-electron chi connectivity index (χ4n) is 4.55. The van der Waals surface area contributed by atoms with E-state index in [0.717, 1.165) is 5.56 Å². The van der Waals surface area contributed by atoms with Crippen molar-refractivity contribution >= 4 is 21.4 Å². The molecule has 0 aromatic heterocycles. The highest BCUT2D eigenvalue weighted by Crippen LogP contribution is 2.36. The van der Waals surface area contributed by atoms with Crippen molar-refractivity contribution in [2.24, 2.45) is 0 Å². The van der Waals surface area contributed by atoms with Crippen LogP contribution in [0, 0.1) is 10.1 Å². The Hall–Kier alpha value is -3.63. The van der Waals surface area contributed by atoms with Gasteiger partial charge in [-0.3, -0.25) is 19.3 Å². The topological polar surface area (TPSA) is 102 Å². The third-order valence-electron chi connectivity index (χ3n) is 6.34. The predicted molar refractivity (Wildman–Crippen MR) is 137 cm³/mol. The van der Waals surface area contributed by atoms with Gasteiger partial charge in [0.15, 0.2) is 11.5 Å². The van der Waals surface area contributed by atoms with E-state index in [0.29, 0.717) is 49.7 Å². The number of rotatable bonds is 9. The maximum Gasteiger partial charge on any atom is 0.269 e. The summed E-state index contributed by atoms with van der Waals surface area (Å²) < 4.78 is 39.9. The minimum Gasteiger partial charge on any atom is -0.493 e. The Balaban J connectivity index is 1.60. The predicted octanol–water partition coefficient (Wildman–Crippen LogP) is 4.47. The van der Waals surface area contributed by atoms with Gasteiger partial charge in [0.1, 0.15) is 0 Å². The number of benzene rings is 3. The second-order valence-corrected chi connectivity index (χ2v) is 10.4. The summed E-state index contributed by atoms with van der Waals surface area (Å²) in [5, 5.41) is 11.1. The van der Waals surface area contributed by atoms with E-state index in [4.69, 9.17) is 9.47 Å². The number of nitro groups is 1. The average Bonchev–Trinajstić information content (AvgIpc) is 2.90. The highest BCUT2D eigenvalue weighted by atomic mass is 32.2. The Bertz CT molecular complexity index is 1310. The van der Waals surface area contributed by atoms with Gasteiger partial charge in [0, 0.05) is 43.9 Å². The molecule has 0 amide bonds. The molecular weight excluding hydrogens is 482 g/mol. The summed E-state index contributed by atoms with van der Waals surface area (Å²) in [7, 11) is -0.794. The molecule has 10 heteroatoms. The summed E-state index contributed by atoms with van der Waals surface area (Å²) in [6.07, 6.45) is 1.21. The second kappa shape index (κ2) is 11.0. The third kappa shape index (κ3) is 5.44. The smallest absolute Gasteiger partial charge is 0.269 e. The average molecular weight is 512 g/mol. The number of ether oxygens (including phenoxy) is 2. The van der Waals surface area contributed by atoms with E-state index in [1.54, 1.807) is 60.7 Å². The van der Waals surface area contributed by atoms with Crippen LogP contribution in [0.15, 0.2) is 77.7 Å². The molecule has 190 valence electrons. The van der Waals surface area contributed by atoms with Crippen LogP contribution in [0.1, 0.15) is 18.4 Å². The zero-order valence-electron chi connectivity index (χ0n) is 20.2. The van der Waals surface area contributed by atoms with Crippen molar-refractivity contribution in [3.63, 3.8) is 0 Å². The molecule has 0 bridgehead atoms. The van der Waals surface area contributed by atoms with Crippen molar-refractivity contribution in [3.05, 3.63) is 88.5 Å². The Morgan fingerprint density at radius 1 is 0.944 bits per heavy atom. The van der Waals surface area contributed by atoms with Crippen molar-refractivity contribution in [2.45, 2.75) is 30.3 Å². The molecule has 0 saturated carbocycles. The lowest BCUT2D eigenvalue weighted by molar-refractivity contribution is -0.384. The van der Waals surface area contributed by atoms with Crippen LogP contribution in [-0.4, -0.2) is 51.6 Å². The summed E-state index contributed by atoms with van der Waals surface area (Å²) in [4.78, 5) is 13.1. The molecule has 4 rings (SSSR count). The van der Waals surface area contributed by atoms with Gasteiger partial charge in [-0.2, -0.15) is 0 Å². The number of likely N-dealkylation sites (tertiary alicyclic amines) is 1. The molecule has 3 aromatic carbocycles. The van der Waals surface area contributed by atoms with Gasteiger partial charge in [-0.15, -0.1) is 0 Å². The molecule has 1 saturated heterocycles. The SMILES string of the molecule is COc1ccc(N(C2CCN(Cc3cccc([N+](=O)[O-])c3)CC2)S(=O)(=O)c2ccccc2)cc1OC. The first-order chi connectivity index (χ1) is 17.3. The van der Waals surface area contributed by atoms with Crippen LogP contribution < -0.4 is 13.8 Å². The van der Waals surface area contributed by atoms with E-state index >= 15 is 0 Å². The number of sulfonamides is 1. The molecule has 0 radical (unpaired) electrons. The van der Waals surface area contributed by atoms with E-state index < -0.39 is 14.9 Å². The highest BCUT2D eigenvalue weighted by Gasteiger charge is 2.34. The van der Waals surface area contributed by atoms with Gasteiger partial charge >= 0.3 is 0 Å². The Morgan fingerprint density at radius 2 is 1.64 bits per heavy atom. The number of piperidine rings is 1. The van der Waals surface area contributed by atoms with Crippen LogP contribution in [0.25, 0.3) is 0 Å². The molecule has 36 heavy (non-hydrogen) atoms. The first-order valence-electron chi connectivity index (χ1n) is 11.6. The second-order valence-electron chi connectivity index (χ2n) is 8.59. The lowest BCUT2D eigenvalue weighted by atomic mass is 10.0. The molecule has 0 atom stereocenters. The Morgan fingerprint density at radius 3 is 2.28 bits per heavy atom.